The highest BCUT2D eigenvalue weighted by molar-refractivity contribution is 7.18. The molecule has 3 aromatic rings. The summed E-state index contributed by atoms with van der Waals surface area (Å²) in [5.41, 5.74) is 1.29. The summed E-state index contributed by atoms with van der Waals surface area (Å²) >= 11 is 1.61. The number of nitrogens with zero attached hydrogens (tertiary/aromatic N) is 2. The molecule has 0 saturated heterocycles. The Labute approximate surface area is 126 Å². The lowest BCUT2D eigenvalue weighted by Crippen LogP contribution is -2.01. The third-order valence-electron chi connectivity index (χ3n) is 3.17. The minimum atomic E-state index is -0.236. The van der Waals surface area contributed by atoms with E-state index in [-0.39, 0.29) is 5.82 Å². The summed E-state index contributed by atoms with van der Waals surface area (Å²) in [5.74, 6) is 0.983. The molecule has 0 atom stereocenters. The summed E-state index contributed by atoms with van der Waals surface area (Å²) in [5, 5.41) is 7.07. The van der Waals surface area contributed by atoms with Gasteiger partial charge in [-0.1, -0.05) is 6.07 Å². The predicted molar refractivity (Wildman–Crippen MR) is 86.1 cm³/mol. The number of anilines is 3. The van der Waals surface area contributed by atoms with E-state index < -0.39 is 0 Å². The number of nitrogens with one attached hydrogen (secondary N) is 2. The van der Waals surface area contributed by atoms with Crippen LogP contribution in [-0.2, 0) is 0 Å². The Morgan fingerprint density at radius 1 is 1.14 bits per heavy atom. The maximum absolute atomic E-state index is 13.7. The SMILES string of the molecule is CNc1nc(Nc2ccc(C)c(F)c2)c2cc(C)sc2n1. The van der Waals surface area contributed by atoms with E-state index in [0.717, 1.165) is 15.1 Å². The first-order valence-electron chi connectivity index (χ1n) is 6.56. The van der Waals surface area contributed by atoms with Gasteiger partial charge in [-0.05, 0) is 37.6 Å². The zero-order chi connectivity index (χ0) is 15.0. The lowest BCUT2D eigenvalue weighted by atomic mass is 10.2. The molecule has 0 fully saturated rings. The molecule has 0 aliphatic heterocycles. The van der Waals surface area contributed by atoms with Crippen LogP contribution in [0, 0.1) is 19.7 Å². The van der Waals surface area contributed by atoms with Crippen LogP contribution in [0.3, 0.4) is 0 Å². The fourth-order valence-electron chi connectivity index (χ4n) is 2.06. The van der Waals surface area contributed by atoms with Crippen molar-refractivity contribution in [2.45, 2.75) is 13.8 Å². The number of aromatic nitrogens is 2. The summed E-state index contributed by atoms with van der Waals surface area (Å²) < 4.78 is 13.7. The summed E-state index contributed by atoms with van der Waals surface area (Å²) in [7, 11) is 1.77. The molecule has 0 aliphatic rings. The Morgan fingerprint density at radius 3 is 2.67 bits per heavy atom. The van der Waals surface area contributed by atoms with E-state index in [2.05, 4.69) is 20.6 Å². The van der Waals surface area contributed by atoms with Crippen LogP contribution in [0.1, 0.15) is 10.4 Å². The molecule has 2 aromatic heterocycles. The lowest BCUT2D eigenvalue weighted by Gasteiger charge is -2.09. The molecule has 0 bridgehead atoms. The van der Waals surface area contributed by atoms with Gasteiger partial charge >= 0.3 is 0 Å². The summed E-state index contributed by atoms with van der Waals surface area (Å²) in [4.78, 5) is 10.9. The average Bonchev–Trinajstić information content (AvgIpc) is 2.83. The summed E-state index contributed by atoms with van der Waals surface area (Å²) in [6, 6.07) is 7.09. The molecule has 0 spiro atoms. The van der Waals surface area contributed by atoms with E-state index in [1.807, 2.05) is 19.1 Å². The summed E-state index contributed by atoms with van der Waals surface area (Å²) in [6.07, 6.45) is 0. The van der Waals surface area contributed by atoms with Gasteiger partial charge in [0, 0.05) is 17.6 Å². The van der Waals surface area contributed by atoms with Crippen LogP contribution in [0.5, 0.6) is 0 Å². The highest BCUT2D eigenvalue weighted by Gasteiger charge is 2.11. The smallest absolute Gasteiger partial charge is 0.225 e. The van der Waals surface area contributed by atoms with Crippen molar-refractivity contribution in [2.24, 2.45) is 0 Å². The Morgan fingerprint density at radius 2 is 1.95 bits per heavy atom. The third kappa shape index (κ3) is 2.67. The van der Waals surface area contributed by atoms with Crippen molar-refractivity contribution < 1.29 is 4.39 Å². The second-order valence-corrected chi connectivity index (χ2v) is 6.05. The van der Waals surface area contributed by atoms with Crippen LogP contribution >= 0.6 is 11.3 Å². The first-order valence-corrected chi connectivity index (χ1v) is 7.37. The fraction of sp³-hybridized carbons (Fsp3) is 0.200. The Hall–Kier alpha value is -2.21. The molecule has 0 radical (unpaired) electrons. The quantitative estimate of drug-likeness (QED) is 0.760. The van der Waals surface area contributed by atoms with Gasteiger partial charge in [0.2, 0.25) is 5.95 Å². The number of rotatable bonds is 3. The van der Waals surface area contributed by atoms with Crippen LogP contribution in [-0.4, -0.2) is 17.0 Å². The molecule has 0 aliphatic carbocycles. The van der Waals surface area contributed by atoms with E-state index in [0.29, 0.717) is 23.0 Å². The molecule has 6 heteroatoms. The molecule has 2 heterocycles. The molecule has 0 unspecified atom stereocenters. The number of fused-ring (bicyclic) bond motifs is 1. The van der Waals surface area contributed by atoms with Crippen molar-refractivity contribution >= 4 is 39.0 Å². The molecule has 0 amide bonds. The number of halogens is 1. The maximum atomic E-state index is 13.7. The molecule has 1 aromatic carbocycles. The van der Waals surface area contributed by atoms with Crippen LogP contribution < -0.4 is 10.6 Å². The van der Waals surface area contributed by atoms with Gasteiger partial charge in [0.1, 0.15) is 16.5 Å². The van der Waals surface area contributed by atoms with E-state index >= 15 is 0 Å². The van der Waals surface area contributed by atoms with Gasteiger partial charge in [-0.25, -0.2) is 9.37 Å². The van der Waals surface area contributed by atoms with Gasteiger partial charge in [0.25, 0.3) is 0 Å². The highest BCUT2D eigenvalue weighted by atomic mass is 32.1. The number of benzene rings is 1. The second-order valence-electron chi connectivity index (χ2n) is 4.81. The standard InChI is InChI=1S/C15H15FN4S/c1-8-4-5-10(7-12(8)16)18-13-11-6-9(2)21-14(11)20-15(17-3)19-13/h4-7H,1-3H3,(H2,17,18,19,20). The molecule has 108 valence electrons. The first kappa shape index (κ1) is 13.8. The minimum Gasteiger partial charge on any atom is -0.357 e. The van der Waals surface area contributed by atoms with E-state index in [9.17, 15) is 4.39 Å². The maximum Gasteiger partial charge on any atom is 0.225 e. The Balaban J connectivity index is 2.07. The van der Waals surface area contributed by atoms with Crippen molar-refractivity contribution in [2.75, 3.05) is 17.7 Å². The van der Waals surface area contributed by atoms with Gasteiger partial charge in [-0.2, -0.15) is 4.98 Å². The van der Waals surface area contributed by atoms with Crippen LogP contribution in [0.15, 0.2) is 24.3 Å². The van der Waals surface area contributed by atoms with E-state index in [1.54, 1.807) is 31.4 Å². The van der Waals surface area contributed by atoms with E-state index in [1.165, 1.54) is 6.07 Å². The van der Waals surface area contributed by atoms with Gasteiger partial charge < -0.3 is 10.6 Å². The topological polar surface area (TPSA) is 49.8 Å². The first-order chi connectivity index (χ1) is 10.1. The average molecular weight is 302 g/mol. The molecule has 3 rings (SSSR count). The molecule has 21 heavy (non-hydrogen) atoms. The van der Waals surface area contributed by atoms with Crippen LogP contribution in [0.2, 0.25) is 0 Å². The number of thiophene rings is 1. The second kappa shape index (κ2) is 5.29. The largest absolute Gasteiger partial charge is 0.357 e. The van der Waals surface area contributed by atoms with Crippen molar-refractivity contribution in [1.29, 1.82) is 0 Å². The van der Waals surface area contributed by atoms with Crippen molar-refractivity contribution in [3.63, 3.8) is 0 Å². The minimum absolute atomic E-state index is 0.236. The number of hydrogen-bond donors (Lipinski definition) is 2. The molecule has 0 saturated carbocycles. The lowest BCUT2D eigenvalue weighted by molar-refractivity contribution is 0.619. The Kier molecular flexibility index (Phi) is 3.47. The number of aryl methyl sites for hydroxylation is 2. The van der Waals surface area contributed by atoms with Crippen molar-refractivity contribution in [1.82, 2.24) is 9.97 Å². The zero-order valence-corrected chi connectivity index (χ0v) is 12.8. The zero-order valence-electron chi connectivity index (χ0n) is 12.0. The number of hydrogen-bond acceptors (Lipinski definition) is 5. The van der Waals surface area contributed by atoms with Crippen LogP contribution in [0.25, 0.3) is 10.2 Å². The normalized spacial score (nSPS) is 10.9. The van der Waals surface area contributed by atoms with E-state index in [4.69, 9.17) is 0 Å². The third-order valence-corrected chi connectivity index (χ3v) is 4.12. The molecular weight excluding hydrogens is 287 g/mol. The molecule has 4 nitrogen and oxygen atoms in total. The molecule has 2 N–H and O–H groups in total. The monoisotopic (exact) mass is 302 g/mol. The van der Waals surface area contributed by atoms with Crippen molar-refractivity contribution in [3.8, 4) is 0 Å². The van der Waals surface area contributed by atoms with Gasteiger partial charge in [0.05, 0.1) is 5.39 Å². The van der Waals surface area contributed by atoms with Gasteiger partial charge in [-0.15, -0.1) is 11.3 Å². The van der Waals surface area contributed by atoms with Crippen LogP contribution in [0.4, 0.5) is 21.8 Å². The highest BCUT2D eigenvalue weighted by Crippen LogP contribution is 2.31. The molecular formula is C15H15FN4S. The van der Waals surface area contributed by atoms with Gasteiger partial charge in [-0.3, -0.25) is 0 Å². The summed E-state index contributed by atoms with van der Waals surface area (Å²) in [6.45, 7) is 3.77. The Bertz CT molecular complexity index is 813. The van der Waals surface area contributed by atoms with Crippen molar-refractivity contribution in [3.05, 3.63) is 40.5 Å². The predicted octanol–water partition coefficient (Wildman–Crippen LogP) is 4.23. The van der Waals surface area contributed by atoms with Gasteiger partial charge in [0.15, 0.2) is 0 Å². The fourth-order valence-corrected chi connectivity index (χ4v) is 2.94.